The second-order valence-corrected chi connectivity index (χ2v) is 5.22. The first-order valence-corrected chi connectivity index (χ1v) is 6.64. The Hall–Kier alpha value is 0.580. The van der Waals surface area contributed by atoms with Crippen molar-refractivity contribution in [2.45, 2.75) is 6.42 Å². The molecule has 13 heavy (non-hydrogen) atoms. The van der Waals surface area contributed by atoms with Crippen molar-refractivity contribution in [1.29, 1.82) is 0 Å². The lowest BCUT2D eigenvalue weighted by molar-refractivity contribution is -0.115. The highest BCUT2D eigenvalue weighted by Crippen LogP contribution is 2.19. The molecule has 70 valence electrons. The molecule has 0 radical (unpaired) electrons. The third-order valence-electron chi connectivity index (χ3n) is 1.55. The van der Waals surface area contributed by atoms with Crippen molar-refractivity contribution in [1.82, 2.24) is 0 Å². The van der Waals surface area contributed by atoms with Crippen LogP contribution in [0.5, 0.6) is 0 Å². The van der Waals surface area contributed by atoms with Crippen LogP contribution < -0.4 is 0 Å². The van der Waals surface area contributed by atoms with E-state index in [0.29, 0.717) is 11.8 Å². The minimum Gasteiger partial charge on any atom is -0.298 e. The number of hydrogen-bond donors (Lipinski definition) is 0. The van der Waals surface area contributed by atoms with E-state index in [1.165, 1.54) is 0 Å². The predicted octanol–water partition coefficient (Wildman–Crippen LogP) is 3.56. The maximum atomic E-state index is 11.2. The summed E-state index contributed by atoms with van der Waals surface area (Å²) in [6.45, 7) is 0. The molecule has 0 aliphatic heterocycles. The molecule has 0 bridgehead atoms. The van der Waals surface area contributed by atoms with Crippen molar-refractivity contribution in [3.8, 4) is 0 Å². The number of carbonyl (C=O) groups is 1. The van der Waals surface area contributed by atoms with E-state index in [1.807, 2.05) is 18.2 Å². The summed E-state index contributed by atoms with van der Waals surface area (Å²) in [5.74, 6) is 0.209. The molecule has 0 heterocycles. The van der Waals surface area contributed by atoms with E-state index in [4.69, 9.17) is 0 Å². The Morgan fingerprint density at radius 1 is 1.46 bits per heavy atom. The zero-order valence-electron chi connectivity index (χ0n) is 6.69. The molecule has 0 spiro atoms. The molecule has 0 aliphatic rings. The van der Waals surface area contributed by atoms with Gasteiger partial charge in [-0.1, -0.05) is 37.9 Å². The van der Waals surface area contributed by atoms with Crippen molar-refractivity contribution in [3.05, 3.63) is 31.8 Å². The number of halogens is 3. The van der Waals surface area contributed by atoms with Crippen LogP contribution in [0.25, 0.3) is 0 Å². The van der Waals surface area contributed by atoms with E-state index >= 15 is 0 Å². The van der Waals surface area contributed by atoms with E-state index in [9.17, 15) is 4.79 Å². The van der Waals surface area contributed by atoms with Gasteiger partial charge in [0, 0.05) is 14.5 Å². The molecule has 1 nitrogen and oxygen atoms in total. The van der Waals surface area contributed by atoms with Crippen LogP contribution in [0.15, 0.2) is 22.7 Å². The average Bonchev–Trinajstić information content (AvgIpc) is 2.09. The zero-order valence-corrected chi connectivity index (χ0v) is 12.0. The second kappa shape index (κ2) is 5.46. The van der Waals surface area contributed by atoms with Gasteiger partial charge < -0.3 is 0 Å². The predicted molar refractivity (Wildman–Crippen MR) is 69.4 cm³/mol. The molecule has 0 N–H and O–H groups in total. The number of Topliss-reactive ketones (excluding diaryl/α,β-unsaturated/α-hetero) is 1. The Balaban J connectivity index is 2.83. The summed E-state index contributed by atoms with van der Waals surface area (Å²) in [5.41, 5.74) is 1.09. The average molecular weight is 418 g/mol. The van der Waals surface area contributed by atoms with Crippen molar-refractivity contribution >= 4 is 60.2 Å². The largest absolute Gasteiger partial charge is 0.298 e. The monoisotopic (exact) mass is 416 g/mol. The highest BCUT2D eigenvalue weighted by atomic mass is 127. The molecular formula is C9H7Br2IO. The minimum atomic E-state index is 0.209. The number of ketones is 1. The molecule has 0 atom stereocenters. The Labute approximate surface area is 108 Å². The molecule has 0 unspecified atom stereocenters. The summed E-state index contributed by atoms with van der Waals surface area (Å²) in [7, 11) is 0. The summed E-state index contributed by atoms with van der Waals surface area (Å²) in [5, 5.41) is 0.430. The summed E-state index contributed by atoms with van der Waals surface area (Å²) in [4.78, 5) is 11.2. The third-order valence-corrected chi connectivity index (χ3v) is 3.67. The summed E-state index contributed by atoms with van der Waals surface area (Å²) < 4.78 is 2.17. The van der Waals surface area contributed by atoms with Crippen LogP contribution in [0.2, 0.25) is 0 Å². The molecule has 1 aromatic carbocycles. The van der Waals surface area contributed by atoms with E-state index in [-0.39, 0.29) is 5.78 Å². The Bertz CT molecular complexity index is 325. The third kappa shape index (κ3) is 3.67. The Kier molecular flexibility index (Phi) is 4.89. The van der Waals surface area contributed by atoms with Gasteiger partial charge in [-0.05, 0) is 40.3 Å². The van der Waals surface area contributed by atoms with Crippen LogP contribution in [-0.2, 0) is 11.2 Å². The van der Waals surface area contributed by atoms with Crippen molar-refractivity contribution in [2.75, 3.05) is 5.33 Å². The standard InChI is InChI=1S/C9H7Br2IO/c10-5-8(13)3-6-1-2-7(11)4-9(6)12/h1-2,4H,3,5H2. The Morgan fingerprint density at radius 2 is 2.15 bits per heavy atom. The summed E-state index contributed by atoms with van der Waals surface area (Å²) in [6, 6.07) is 5.95. The topological polar surface area (TPSA) is 17.1 Å². The van der Waals surface area contributed by atoms with Gasteiger partial charge in [0.15, 0.2) is 0 Å². The van der Waals surface area contributed by atoms with Gasteiger partial charge in [0.2, 0.25) is 0 Å². The van der Waals surface area contributed by atoms with Gasteiger partial charge in [-0.3, -0.25) is 4.79 Å². The number of rotatable bonds is 3. The second-order valence-electron chi connectivity index (χ2n) is 2.58. The quantitative estimate of drug-likeness (QED) is 0.543. The first-order chi connectivity index (χ1) is 6.13. The van der Waals surface area contributed by atoms with Crippen molar-refractivity contribution in [3.63, 3.8) is 0 Å². The van der Waals surface area contributed by atoms with E-state index in [0.717, 1.165) is 13.6 Å². The maximum Gasteiger partial charge on any atom is 0.147 e. The zero-order chi connectivity index (χ0) is 9.84. The lowest BCUT2D eigenvalue weighted by atomic mass is 10.1. The van der Waals surface area contributed by atoms with Gasteiger partial charge in [0.25, 0.3) is 0 Å². The fourth-order valence-electron chi connectivity index (χ4n) is 0.925. The van der Waals surface area contributed by atoms with Crippen LogP contribution in [0, 0.1) is 3.57 Å². The number of carbonyl (C=O) groups excluding carboxylic acids is 1. The van der Waals surface area contributed by atoms with Gasteiger partial charge in [0.1, 0.15) is 5.78 Å². The smallest absolute Gasteiger partial charge is 0.147 e. The number of alkyl halides is 1. The molecule has 0 amide bonds. The van der Waals surface area contributed by atoms with Crippen LogP contribution in [-0.4, -0.2) is 11.1 Å². The van der Waals surface area contributed by atoms with E-state index < -0.39 is 0 Å². The number of hydrogen-bond acceptors (Lipinski definition) is 1. The molecule has 0 saturated heterocycles. The van der Waals surface area contributed by atoms with Gasteiger partial charge in [-0.2, -0.15) is 0 Å². The van der Waals surface area contributed by atoms with Crippen LogP contribution in [0.1, 0.15) is 5.56 Å². The lowest BCUT2D eigenvalue weighted by Gasteiger charge is -2.02. The van der Waals surface area contributed by atoms with E-state index in [1.54, 1.807) is 0 Å². The molecule has 0 aliphatic carbocycles. The van der Waals surface area contributed by atoms with Crippen LogP contribution in [0.4, 0.5) is 0 Å². The fraction of sp³-hybridized carbons (Fsp3) is 0.222. The van der Waals surface area contributed by atoms with Gasteiger partial charge in [0.05, 0.1) is 5.33 Å². The van der Waals surface area contributed by atoms with Gasteiger partial charge >= 0.3 is 0 Å². The first-order valence-electron chi connectivity index (χ1n) is 3.65. The van der Waals surface area contributed by atoms with Crippen LogP contribution in [0.3, 0.4) is 0 Å². The molecule has 1 aromatic rings. The fourth-order valence-corrected chi connectivity index (χ4v) is 2.62. The van der Waals surface area contributed by atoms with E-state index in [2.05, 4.69) is 54.5 Å². The highest BCUT2D eigenvalue weighted by Gasteiger charge is 2.05. The highest BCUT2D eigenvalue weighted by molar-refractivity contribution is 14.1. The summed E-state index contributed by atoms with van der Waals surface area (Å²) >= 11 is 8.77. The minimum absolute atomic E-state index is 0.209. The van der Waals surface area contributed by atoms with Crippen molar-refractivity contribution < 1.29 is 4.79 Å². The molecule has 1 rings (SSSR count). The summed E-state index contributed by atoms with van der Waals surface area (Å²) in [6.07, 6.45) is 0.511. The maximum absolute atomic E-state index is 11.2. The first kappa shape index (κ1) is 11.7. The molecule has 0 aromatic heterocycles. The Morgan fingerprint density at radius 3 is 2.69 bits per heavy atom. The SMILES string of the molecule is O=C(CBr)Cc1ccc(Br)cc1I. The van der Waals surface area contributed by atoms with Gasteiger partial charge in [-0.15, -0.1) is 0 Å². The number of benzene rings is 1. The lowest BCUT2D eigenvalue weighted by Crippen LogP contribution is -2.04. The molecular weight excluding hydrogens is 411 g/mol. The molecule has 0 saturated carbocycles. The molecule has 4 heteroatoms. The van der Waals surface area contributed by atoms with Gasteiger partial charge in [-0.25, -0.2) is 0 Å². The van der Waals surface area contributed by atoms with Crippen LogP contribution >= 0.6 is 54.5 Å². The van der Waals surface area contributed by atoms with Crippen molar-refractivity contribution in [2.24, 2.45) is 0 Å². The normalized spacial score (nSPS) is 10.1. The molecule has 0 fully saturated rings.